The van der Waals surface area contributed by atoms with Crippen molar-refractivity contribution in [1.82, 2.24) is 5.32 Å². The van der Waals surface area contributed by atoms with Gasteiger partial charge in [-0.15, -0.1) is 0 Å². The first-order chi connectivity index (χ1) is 8.22. The number of aliphatic hydroxyl groups excluding tert-OH is 1. The molecule has 1 amide bonds. The molecule has 17 heavy (non-hydrogen) atoms. The number of hydrogen-bond donors (Lipinski definition) is 2. The Kier molecular flexibility index (Phi) is 5.84. The lowest BCUT2D eigenvalue weighted by molar-refractivity contribution is -0.115. The van der Waals surface area contributed by atoms with Crippen LogP contribution in [0.25, 0.3) is 0 Å². The van der Waals surface area contributed by atoms with Crippen molar-refractivity contribution in [2.24, 2.45) is 5.92 Å². The SMILES string of the molecule is CC(CCO)CNC(=O)C#Cc1ccccc1. The van der Waals surface area contributed by atoms with Gasteiger partial charge in [0.25, 0.3) is 5.91 Å². The Hall–Kier alpha value is -1.79. The van der Waals surface area contributed by atoms with Gasteiger partial charge in [0.05, 0.1) is 0 Å². The molecule has 0 fully saturated rings. The van der Waals surface area contributed by atoms with Gasteiger partial charge >= 0.3 is 0 Å². The van der Waals surface area contributed by atoms with Gasteiger partial charge in [-0.3, -0.25) is 4.79 Å². The second kappa shape index (κ2) is 7.48. The zero-order valence-corrected chi connectivity index (χ0v) is 9.94. The van der Waals surface area contributed by atoms with Crippen LogP contribution in [0.3, 0.4) is 0 Å². The lowest BCUT2D eigenvalue weighted by atomic mass is 10.1. The molecule has 0 aliphatic heterocycles. The van der Waals surface area contributed by atoms with Crippen LogP contribution in [0.2, 0.25) is 0 Å². The van der Waals surface area contributed by atoms with E-state index in [1.54, 1.807) is 0 Å². The van der Waals surface area contributed by atoms with Crippen molar-refractivity contribution in [3.63, 3.8) is 0 Å². The first-order valence-corrected chi connectivity index (χ1v) is 5.68. The Morgan fingerprint density at radius 1 is 1.41 bits per heavy atom. The van der Waals surface area contributed by atoms with Crippen molar-refractivity contribution >= 4 is 5.91 Å². The summed E-state index contributed by atoms with van der Waals surface area (Å²) in [6.07, 6.45) is 0.687. The van der Waals surface area contributed by atoms with Crippen LogP contribution in [0.5, 0.6) is 0 Å². The van der Waals surface area contributed by atoms with E-state index >= 15 is 0 Å². The van der Waals surface area contributed by atoms with Crippen LogP contribution in [0.1, 0.15) is 18.9 Å². The summed E-state index contributed by atoms with van der Waals surface area (Å²) < 4.78 is 0. The van der Waals surface area contributed by atoms with Crippen molar-refractivity contribution in [1.29, 1.82) is 0 Å². The van der Waals surface area contributed by atoms with E-state index in [-0.39, 0.29) is 18.4 Å². The topological polar surface area (TPSA) is 49.3 Å². The number of hydrogen-bond acceptors (Lipinski definition) is 2. The second-order valence-corrected chi connectivity index (χ2v) is 3.94. The van der Waals surface area contributed by atoms with E-state index < -0.39 is 0 Å². The minimum atomic E-state index is -0.279. The predicted molar refractivity (Wildman–Crippen MR) is 67.2 cm³/mol. The van der Waals surface area contributed by atoms with Crippen LogP contribution in [0, 0.1) is 17.8 Å². The summed E-state index contributed by atoms with van der Waals surface area (Å²) >= 11 is 0. The summed E-state index contributed by atoms with van der Waals surface area (Å²) in [5.74, 6) is 5.31. The van der Waals surface area contributed by atoms with Gasteiger partial charge in [-0.25, -0.2) is 0 Å². The molecular formula is C14H17NO2. The molecule has 0 bridgehead atoms. The molecule has 0 saturated carbocycles. The summed E-state index contributed by atoms with van der Waals surface area (Å²) in [4.78, 5) is 11.4. The molecule has 0 aliphatic rings. The molecule has 3 heteroatoms. The number of carbonyl (C=O) groups excluding carboxylic acids is 1. The molecule has 0 saturated heterocycles. The second-order valence-electron chi connectivity index (χ2n) is 3.94. The van der Waals surface area contributed by atoms with E-state index in [0.29, 0.717) is 13.0 Å². The van der Waals surface area contributed by atoms with Gasteiger partial charge in [0.2, 0.25) is 0 Å². The van der Waals surface area contributed by atoms with E-state index in [9.17, 15) is 4.79 Å². The maximum Gasteiger partial charge on any atom is 0.296 e. The third-order valence-electron chi connectivity index (χ3n) is 2.33. The van der Waals surface area contributed by atoms with Crippen molar-refractivity contribution < 1.29 is 9.90 Å². The predicted octanol–water partition coefficient (Wildman–Crippen LogP) is 1.17. The summed E-state index contributed by atoms with van der Waals surface area (Å²) in [6, 6.07) is 9.38. The average Bonchev–Trinajstić information content (AvgIpc) is 2.35. The van der Waals surface area contributed by atoms with Crippen LogP contribution in [0.15, 0.2) is 30.3 Å². The van der Waals surface area contributed by atoms with Crippen molar-refractivity contribution in [3.8, 4) is 11.8 Å². The number of aliphatic hydroxyl groups is 1. The average molecular weight is 231 g/mol. The highest BCUT2D eigenvalue weighted by molar-refractivity contribution is 5.94. The zero-order chi connectivity index (χ0) is 12.5. The molecule has 0 radical (unpaired) electrons. The minimum absolute atomic E-state index is 0.146. The monoisotopic (exact) mass is 231 g/mol. The third-order valence-corrected chi connectivity index (χ3v) is 2.33. The molecular weight excluding hydrogens is 214 g/mol. The number of carbonyl (C=O) groups is 1. The first-order valence-electron chi connectivity index (χ1n) is 5.68. The quantitative estimate of drug-likeness (QED) is 0.764. The summed E-state index contributed by atoms with van der Waals surface area (Å²) in [5, 5.41) is 11.4. The molecule has 1 atom stereocenters. The fourth-order valence-corrected chi connectivity index (χ4v) is 1.28. The standard InChI is InChI=1S/C14H17NO2/c1-12(9-10-16)11-15-14(17)8-7-13-5-3-2-4-6-13/h2-6,12,16H,9-11H2,1H3,(H,15,17). The van der Waals surface area contributed by atoms with E-state index in [0.717, 1.165) is 5.56 Å². The molecule has 2 N–H and O–H groups in total. The van der Waals surface area contributed by atoms with Crippen molar-refractivity contribution in [3.05, 3.63) is 35.9 Å². The van der Waals surface area contributed by atoms with Gasteiger partial charge in [0, 0.05) is 24.6 Å². The van der Waals surface area contributed by atoms with Gasteiger partial charge in [0.15, 0.2) is 0 Å². The number of nitrogens with one attached hydrogen (secondary N) is 1. The van der Waals surface area contributed by atoms with Gasteiger partial charge in [-0.2, -0.15) is 0 Å². The normalized spacial score (nSPS) is 11.2. The fourth-order valence-electron chi connectivity index (χ4n) is 1.28. The number of amides is 1. The molecule has 0 aliphatic carbocycles. The molecule has 1 aromatic carbocycles. The number of benzene rings is 1. The van der Waals surface area contributed by atoms with Gasteiger partial charge in [-0.05, 0) is 24.5 Å². The Morgan fingerprint density at radius 2 is 2.12 bits per heavy atom. The van der Waals surface area contributed by atoms with Crippen molar-refractivity contribution in [2.75, 3.05) is 13.2 Å². The number of rotatable bonds is 4. The molecule has 1 unspecified atom stereocenters. The molecule has 90 valence electrons. The lowest BCUT2D eigenvalue weighted by Crippen LogP contribution is -2.27. The van der Waals surface area contributed by atoms with Crippen molar-refractivity contribution in [2.45, 2.75) is 13.3 Å². The molecule has 3 nitrogen and oxygen atoms in total. The minimum Gasteiger partial charge on any atom is -0.396 e. The zero-order valence-electron chi connectivity index (χ0n) is 9.94. The Morgan fingerprint density at radius 3 is 2.76 bits per heavy atom. The summed E-state index contributed by atoms with van der Waals surface area (Å²) in [6.45, 7) is 2.66. The van der Waals surface area contributed by atoms with Crippen LogP contribution in [-0.2, 0) is 4.79 Å². The molecule has 1 aromatic rings. The fraction of sp³-hybridized carbons (Fsp3) is 0.357. The van der Waals surface area contributed by atoms with Crippen LogP contribution < -0.4 is 5.32 Å². The van der Waals surface area contributed by atoms with Crippen LogP contribution in [0.4, 0.5) is 0 Å². The highest BCUT2D eigenvalue weighted by atomic mass is 16.3. The Bertz CT molecular complexity index is 403. The molecule has 1 rings (SSSR count). The van der Waals surface area contributed by atoms with E-state index in [2.05, 4.69) is 17.2 Å². The highest BCUT2D eigenvalue weighted by Gasteiger charge is 2.02. The molecule has 0 aromatic heterocycles. The van der Waals surface area contributed by atoms with E-state index in [1.807, 2.05) is 37.3 Å². The Labute approximate surface area is 102 Å². The highest BCUT2D eigenvalue weighted by Crippen LogP contribution is 1.97. The largest absolute Gasteiger partial charge is 0.396 e. The maximum atomic E-state index is 11.4. The molecule has 0 spiro atoms. The first kappa shape index (κ1) is 13.3. The van der Waals surface area contributed by atoms with E-state index in [1.165, 1.54) is 0 Å². The van der Waals surface area contributed by atoms with Crippen LogP contribution in [-0.4, -0.2) is 24.2 Å². The van der Waals surface area contributed by atoms with E-state index in [4.69, 9.17) is 5.11 Å². The summed E-state index contributed by atoms with van der Waals surface area (Å²) in [5.41, 5.74) is 0.825. The third kappa shape index (κ3) is 5.74. The van der Waals surface area contributed by atoms with Gasteiger partial charge in [0.1, 0.15) is 0 Å². The molecule has 0 heterocycles. The van der Waals surface area contributed by atoms with Gasteiger partial charge in [-0.1, -0.05) is 31.0 Å². The summed E-state index contributed by atoms with van der Waals surface area (Å²) in [7, 11) is 0. The van der Waals surface area contributed by atoms with Gasteiger partial charge < -0.3 is 10.4 Å². The van der Waals surface area contributed by atoms with Crippen LogP contribution >= 0.6 is 0 Å². The Balaban J connectivity index is 2.38. The lowest BCUT2D eigenvalue weighted by Gasteiger charge is -2.08. The maximum absolute atomic E-state index is 11.4. The smallest absolute Gasteiger partial charge is 0.296 e.